The maximum atomic E-state index is 13.4. The van der Waals surface area contributed by atoms with Gasteiger partial charge in [-0.2, -0.15) is 0 Å². The van der Waals surface area contributed by atoms with Crippen LogP contribution in [-0.4, -0.2) is 9.78 Å². The molecule has 0 aliphatic heterocycles. The highest BCUT2D eigenvalue weighted by Crippen LogP contribution is 2.15. The van der Waals surface area contributed by atoms with E-state index in [9.17, 15) is 13.6 Å². The molecule has 1 aromatic heterocycles. The SMILES string of the molecule is Cc1[nH]n(-c2ccc(F)cc2F)c(=O)c1Br. The molecule has 2 rings (SSSR count). The Balaban J connectivity index is 2.68. The summed E-state index contributed by atoms with van der Waals surface area (Å²) in [6.45, 7) is 1.67. The molecule has 2 aromatic rings. The van der Waals surface area contributed by atoms with Gasteiger partial charge in [-0.15, -0.1) is 0 Å². The fourth-order valence-corrected chi connectivity index (χ4v) is 1.62. The monoisotopic (exact) mass is 288 g/mol. The van der Waals surface area contributed by atoms with Gasteiger partial charge >= 0.3 is 0 Å². The molecule has 0 spiro atoms. The van der Waals surface area contributed by atoms with Gasteiger partial charge < -0.3 is 0 Å². The van der Waals surface area contributed by atoms with Crippen molar-refractivity contribution in [3.8, 4) is 5.69 Å². The lowest BCUT2D eigenvalue weighted by molar-refractivity contribution is 0.572. The first-order valence-corrected chi connectivity index (χ1v) is 5.22. The molecule has 0 aliphatic carbocycles. The Morgan fingerprint density at radius 3 is 2.56 bits per heavy atom. The van der Waals surface area contributed by atoms with E-state index in [1.54, 1.807) is 6.92 Å². The van der Waals surface area contributed by atoms with Gasteiger partial charge in [0.1, 0.15) is 16.0 Å². The molecule has 0 saturated carbocycles. The molecule has 0 amide bonds. The van der Waals surface area contributed by atoms with Crippen molar-refractivity contribution in [1.82, 2.24) is 9.78 Å². The molecular formula is C10H7BrF2N2O. The van der Waals surface area contributed by atoms with Gasteiger partial charge in [-0.25, -0.2) is 13.5 Å². The average Bonchev–Trinajstić information content (AvgIpc) is 2.46. The standard InChI is InChI=1S/C10H7BrF2N2O/c1-5-9(11)10(16)15(14-5)8-3-2-6(12)4-7(8)13/h2-4,14H,1H3. The summed E-state index contributed by atoms with van der Waals surface area (Å²) in [7, 11) is 0. The molecule has 1 heterocycles. The number of aromatic amines is 1. The van der Waals surface area contributed by atoms with Crippen molar-refractivity contribution >= 4 is 15.9 Å². The number of nitrogens with one attached hydrogen (secondary N) is 1. The number of hydrogen-bond donors (Lipinski definition) is 1. The van der Waals surface area contributed by atoms with E-state index < -0.39 is 17.2 Å². The zero-order valence-corrected chi connectivity index (χ0v) is 9.81. The molecule has 0 fully saturated rings. The van der Waals surface area contributed by atoms with E-state index in [1.807, 2.05) is 0 Å². The lowest BCUT2D eigenvalue weighted by Crippen LogP contribution is -2.16. The second kappa shape index (κ2) is 3.86. The summed E-state index contributed by atoms with van der Waals surface area (Å²) in [5.74, 6) is -1.48. The van der Waals surface area contributed by atoms with Crippen molar-refractivity contribution < 1.29 is 8.78 Å². The van der Waals surface area contributed by atoms with Crippen LogP contribution in [0.5, 0.6) is 0 Å². The van der Waals surface area contributed by atoms with E-state index >= 15 is 0 Å². The Hall–Kier alpha value is -1.43. The second-order valence-electron chi connectivity index (χ2n) is 3.29. The number of benzene rings is 1. The Morgan fingerprint density at radius 2 is 2.06 bits per heavy atom. The van der Waals surface area contributed by atoms with E-state index in [0.717, 1.165) is 16.8 Å². The van der Waals surface area contributed by atoms with Gasteiger partial charge in [0, 0.05) is 11.8 Å². The summed E-state index contributed by atoms with van der Waals surface area (Å²) in [5, 5.41) is 2.68. The van der Waals surface area contributed by atoms with Gasteiger partial charge in [0.15, 0.2) is 5.82 Å². The molecule has 0 saturated heterocycles. The third kappa shape index (κ3) is 1.69. The highest BCUT2D eigenvalue weighted by Gasteiger charge is 2.13. The summed E-state index contributed by atoms with van der Waals surface area (Å²) >= 11 is 3.08. The molecule has 0 atom stereocenters. The van der Waals surface area contributed by atoms with Gasteiger partial charge in [0.05, 0.1) is 0 Å². The minimum absolute atomic E-state index is 0.0137. The predicted octanol–water partition coefficient (Wildman–Crippen LogP) is 2.51. The maximum Gasteiger partial charge on any atom is 0.285 e. The predicted molar refractivity (Wildman–Crippen MR) is 58.7 cm³/mol. The highest BCUT2D eigenvalue weighted by atomic mass is 79.9. The number of H-pyrrole nitrogens is 1. The quantitative estimate of drug-likeness (QED) is 0.860. The van der Waals surface area contributed by atoms with Crippen molar-refractivity contribution in [2.75, 3.05) is 0 Å². The first-order valence-electron chi connectivity index (χ1n) is 4.43. The molecule has 16 heavy (non-hydrogen) atoms. The minimum Gasteiger partial charge on any atom is -0.294 e. The van der Waals surface area contributed by atoms with Crippen molar-refractivity contribution in [3.63, 3.8) is 0 Å². The fourth-order valence-electron chi connectivity index (χ4n) is 1.36. The highest BCUT2D eigenvalue weighted by molar-refractivity contribution is 9.10. The van der Waals surface area contributed by atoms with Crippen LogP contribution >= 0.6 is 15.9 Å². The molecule has 1 aromatic carbocycles. The molecule has 84 valence electrons. The van der Waals surface area contributed by atoms with Crippen LogP contribution in [0, 0.1) is 18.6 Å². The smallest absolute Gasteiger partial charge is 0.285 e. The maximum absolute atomic E-state index is 13.4. The van der Waals surface area contributed by atoms with Crippen LogP contribution in [0.1, 0.15) is 5.69 Å². The van der Waals surface area contributed by atoms with Crippen LogP contribution in [0.2, 0.25) is 0 Å². The molecule has 0 radical (unpaired) electrons. The zero-order valence-electron chi connectivity index (χ0n) is 8.22. The first kappa shape index (κ1) is 11.1. The van der Waals surface area contributed by atoms with Crippen molar-refractivity contribution in [2.45, 2.75) is 6.92 Å². The summed E-state index contributed by atoms with van der Waals surface area (Å²) in [6, 6.07) is 3.02. The first-order chi connectivity index (χ1) is 7.50. The number of nitrogens with zero attached hydrogens (tertiary/aromatic N) is 1. The van der Waals surface area contributed by atoms with Crippen molar-refractivity contribution in [2.24, 2.45) is 0 Å². The third-order valence-electron chi connectivity index (χ3n) is 2.15. The number of halogens is 3. The van der Waals surface area contributed by atoms with Gasteiger partial charge in [-0.3, -0.25) is 9.89 Å². The lowest BCUT2D eigenvalue weighted by atomic mass is 10.3. The van der Waals surface area contributed by atoms with Crippen LogP contribution < -0.4 is 5.56 Å². The molecular weight excluding hydrogens is 282 g/mol. The Kier molecular flexibility index (Phi) is 2.67. The van der Waals surface area contributed by atoms with Gasteiger partial charge in [0.2, 0.25) is 0 Å². The van der Waals surface area contributed by atoms with Crippen LogP contribution in [-0.2, 0) is 0 Å². The average molecular weight is 289 g/mol. The van der Waals surface area contributed by atoms with E-state index in [-0.39, 0.29) is 5.69 Å². The summed E-state index contributed by atoms with van der Waals surface area (Å²) in [4.78, 5) is 11.7. The second-order valence-corrected chi connectivity index (χ2v) is 4.08. The molecule has 0 unspecified atom stereocenters. The minimum atomic E-state index is -0.796. The number of hydrogen-bond acceptors (Lipinski definition) is 1. The van der Waals surface area contributed by atoms with Crippen molar-refractivity contribution in [3.05, 3.63) is 50.4 Å². The summed E-state index contributed by atoms with van der Waals surface area (Å²) in [6.07, 6.45) is 0. The number of aryl methyl sites for hydroxylation is 1. The third-order valence-corrected chi connectivity index (χ3v) is 3.08. The molecule has 1 N–H and O–H groups in total. The fraction of sp³-hybridized carbons (Fsp3) is 0.100. The largest absolute Gasteiger partial charge is 0.294 e. The van der Waals surface area contributed by atoms with Gasteiger partial charge in [-0.1, -0.05) is 0 Å². The molecule has 6 heteroatoms. The van der Waals surface area contributed by atoms with Crippen LogP contribution in [0.4, 0.5) is 8.78 Å². The van der Waals surface area contributed by atoms with Crippen LogP contribution in [0.15, 0.2) is 27.5 Å². The van der Waals surface area contributed by atoms with Crippen LogP contribution in [0.3, 0.4) is 0 Å². The van der Waals surface area contributed by atoms with E-state index in [1.165, 1.54) is 6.07 Å². The normalized spacial score (nSPS) is 10.8. The molecule has 0 bridgehead atoms. The number of rotatable bonds is 1. The van der Waals surface area contributed by atoms with Crippen LogP contribution in [0.25, 0.3) is 5.69 Å². The molecule has 3 nitrogen and oxygen atoms in total. The van der Waals surface area contributed by atoms with E-state index in [4.69, 9.17) is 0 Å². The Labute approximate surface area is 97.8 Å². The van der Waals surface area contributed by atoms with E-state index in [2.05, 4.69) is 21.0 Å². The Bertz CT molecular complexity index is 603. The lowest BCUT2D eigenvalue weighted by Gasteiger charge is -2.02. The topological polar surface area (TPSA) is 37.8 Å². The zero-order chi connectivity index (χ0) is 11.9. The van der Waals surface area contributed by atoms with Gasteiger partial charge in [0.25, 0.3) is 5.56 Å². The number of aromatic nitrogens is 2. The molecule has 0 aliphatic rings. The van der Waals surface area contributed by atoms with Gasteiger partial charge in [-0.05, 0) is 35.0 Å². The summed E-state index contributed by atoms with van der Waals surface area (Å²) < 4.78 is 27.5. The van der Waals surface area contributed by atoms with Crippen molar-refractivity contribution in [1.29, 1.82) is 0 Å². The van der Waals surface area contributed by atoms with E-state index in [0.29, 0.717) is 10.2 Å². The Morgan fingerprint density at radius 1 is 1.38 bits per heavy atom. The summed E-state index contributed by atoms with van der Waals surface area (Å²) in [5.41, 5.74) is 0.150.